The summed E-state index contributed by atoms with van der Waals surface area (Å²) >= 11 is 0. The third-order valence-corrected chi connectivity index (χ3v) is 6.97. The normalized spacial score (nSPS) is 13.5. The van der Waals surface area contributed by atoms with Gasteiger partial charge in [0.05, 0.1) is 36.6 Å². The first kappa shape index (κ1) is 30.2. The second kappa shape index (κ2) is 14.2. The SMILES string of the molecule is COCc1nc(Nc2ccc(C#N)cc2)nc(Nc2c(C)cc(/C=C/C#N)cc2C)c1C(=O)N1CCN(CCO)CC1. The number of ether oxygens (including phenoxy) is 1. The molecule has 2 heterocycles. The molecule has 4 rings (SSSR count). The van der Waals surface area contributed by atoms with Crippen molar-refractivity contribution >= 4 is 35.1 Å². The molecule has 0 saturated carbocycles. The Morgan fingerprint density at radius 3 is 2.36 bits per heavy atom. The van der Waals surface area contributed by atoms with E-state index in [-0.39, 0.29) is 25.1 Å². The number of amides is 1. The van der Waals surface area contributed by atoms with Crippen LogP contribution < -0.4 is 10.6 Å². The predicted octanol–water partition coefficient (Wildman–Crippen LogP) is 3.89. The summed E-state index contributed by atoms with van der Waals surface area (Å²) in [6.45, 7) is 6.96. The number of nitrogens with one attached hydrogen (secondary N) is 2. The molecule has 3 aromatic rings. The number of anilines is 4. The van der Waals surface area contributed by atoms with Crippen LogP contribution in [-0.4, -0.2) is 77.2 Å². The molecule has 42 heavy (non-hydrogen) atoms. The van der Waals surface area contributed by atoms with Gasteiger partial charge >= 0.3 is 0 Å². The molecule has 1 aromatic heterocycles. The number of hydrogen-bond donors (Lipinski definition) is 3. The van der Waals surface area contributed by atoms with Gasteiger partial charge in [0.1, 0.15) is 11.4 Å². The number of aliphatic hydroxyl groups excluding tert-OH is 1. The summed E-state index contributed by atoms with van der Waals surface area (Å²) in [6, 6.07) is 14.9. The van der Waals surface area contributed by atoms with Gasteiger partial charge in [-0.15, -0.1) is 0 Å². The quantitative estimate of drug-likeness (QED) is 0.308. The maximum Gasteiger partial charge on any atom is 0.259 e. The fraction of sp³-hybridized carbons (Fsp3) is 0.323. The Morgan fingerprint density at radius 1 is 1.07 bits per heavy atom. The lowest BCUT2D eigenvalue weighted by molar-refractivity contribution is 0.0610. The first-order chi connectivity index (χ1) is 20.4. The molecule has 1 fully saturated rings. The topological polar surface area (TPSA) is 150 Å². The Bertz CT molecular complexity index is 1510. The molecular formula is C31H34N8O3. The number of carbonyl (C=O) groups is 1. The Labute approximate surface area is 245 Å². The second-order valence-corrected chi connectivity index (χ2v) is 9.94. The molecule has 3 N–H and O–H groups in total. The molecule has 0 aliphatic carbocycles. The highest BCUT2D eigenvalue weighted by molar-refractivity contribution is 6.01. The average molecular weight is 567 g/mol. The summed E-state index contributed by atoms with van der Waals surface area (Å²) in [5, 5.41) is 34.0. The van der Waals surface area contributed by atoms with Crippen molar-refractivity contribution in [3.05, 3.63) is 76.0 Å². The van der Waals surface area contributed by atoms with E-state index in [1.165, 1.54) is 6.08 Å². The van der Waals surface area contributed by atoms with Crippen molar-refractivity contribution in [2.45, 2.75) is 20.5 Å². The van der Waals surface area contributed by atoms with Crippen LogP contribution in [-0.2, 0) is 11.3 Å². The molecule has 216 valence electrons. The number of aryl methyl sites for hydroxylation is 2. The van der Waals surface area contributed by atoms with Crippen molar-refractivity contribution < 1.29 is 14.6 Å². The Balaban J connectivity index is 1.77. The van der Waals surface area contributed by atoms with Gasteiger partial charge < -0.3 is 25.4 Å². The minimum Gasteiger partial charge on any atom is -0.395 e. The van der Waals surface area contributed by atoms with Crippen LogP contribution in [0.2, 0.25) is 0 Å². The van der Waals surface area contributed by atoms with E-state index >= 15 is 0 Å². The summed E-state index contributed by atoms with van der Waals surface area (Å²) in [7, 11) is 1.55. The number of rotatable bonds is 10. The zero-order valence-corrected chi connectivity index (χ0v) is 24.0. The number of allylic oxidation sites excluding steroid dienone is 1. The fourth-order valence-electron chi connectivity index (χ4n) is 4.89. The monoisotopic (exact) mass is 566 g/mol. The lowest BCUT2D eigenvalue weighted by Gasteiger charge is -2.35. The van der Waals surface area contributed by atoms with E-state index in [4.69, 9.17) is 20.2 Å². The van der Waals surface area contributed by atoms with E-state index in [9.17, 15) is 9.90 Å². The number of carbonyl (C=O) groups excluding carboxylic acids is 1. The van der Waals surface area contributed by atoms with Crippen molar-refractivity contribution in [2.75, 3.05) is 57.1 Å². The standard InChI is InChI=1S/C31H34N8O3/c1-21-17-24(5-4-10-32)18-22(2)28(21)36-29-27(30(41)39-13-11-38(12-14-39)15-16-40)26(20-42-3)35-31(37-29)34-25-8-6-23(19-33)7-9-25/h4-9,17-18,40H,11-16,20H2,1-3H3,(H2,34,35,36,37)/b5-4+. The average Bonchev–Trinajstić information content (AvgIpc) is 2.98. The van der Waals surface area contributed by atoms with E-state index in [0.29, 0.717) is 61.0 Å². The molecule has 1 saturated heterocycles. The number of nitrogens with zero attached hydrogens (tertiary/aromatic N) is 6. The molecule has 0 atom stereocenters. The van der Waals surface area contributed by atoms with Crippen molar-refractivity contribution in [1.29, 1.82) is 10.5 Å². The molecule has 1 amide bonds. The van der Waals surface area contributed by atoms with E-state index < -0.39 is 0 Å². The molecule has 11 heteroatoms. The van der Waals surface area contributed by atoms with E-state index in [1.54, 1.807) is 42.4 Å². The summed E-state index contributed by atoms with van der Waals surface area (Å²) < 4.78 is 5.47. The van der Waals surface area contributed by atoms with Gasteiger partial charge in [0, 0.05) is 57.3 Å². The van der Waals surface area contributed by atoms with E-state index in [1.807, 2.05) is 32.0 Å². The van der Waals surface area contributed by atoms with Gasteiger partial charge in [-0.2, -0.15) is 15.5 Å². The molecule has 2 aromatic carbocycles. The first-order valence-electron chi connectivity index (χ1n) is 13.6. The van der Waals surface area contributed by atoms with Crippen LogP contribution >= 0.6 is 0 Å². The lowest BCUT2D eigenvalue weighted by Crippen LogP contribution is -2.49. The zero-order valence-electron chi connectivity index (χ0n) is 24.0. The van der Waals surface area contributed by atoms with Gasteiger partial charge in [-0.1, -0.05) is 0 Å². The fourth-order valence-corrected chi connectivity index (χ4v) is 4.89. The number of piperazine rings is 1. The molecule has 11 nitrogen and oxygen atoms in total. The van der Waals surface area contributed by atoms with E-state index in [2.05, 4.69) is 26.6 Å². The van der Waals surface area contributed by atoms with Crippen LogP contribution in [0.1, 0.15) is 38.3 Å². The third-order valence-electron chi connectivity index (χ3n) is 6.97. The predicted molar refractivity (Wildman–Crippen MR) is 160 cm³/mol. The number of β-amino-alcohol motifs (C(OH)–C–C–N with tert-alkyl or cyclic N) is 1. The highest BCUT2D eigenvalue weighted by Crippen LogP contribution is 2.31. The summed E-state index contributed by atoms with van der Waals surface area (Å²) in [5.74, 6) is 0.395. The van der Waals surface area contributed by atoms with Crippen LogP contribution in [0.5, 0.6) is 0 Å². The van der Waals surface area contributed by atoms with Crippen molar-refractivity contribution in [3.63, 3.8) is 0 Å². The lowest BCUT2D eigenvalue weighted by atomic mass is 10.0. The molecule has 0 unspecified atom stereocenters. The summed E-state index contributed by atoms with van der Waals surface area (Å²) in [4.78, 5) is 27.4. The minimum atomic E-state index is -0.206. The van der Waals surface area contributed by atoms with Crippen LogP contribution in [0.3, 0.4) is 0 Å². The van der Waals surface area contributed by atoms with Crippen LogP contribution in [0.4, 0.5) is 23.1 Å². The summed E-state index contributed by atoms with van der Waals surface area (Å²) in [6.07, 6.45) is 3.18. The highest BCUT2D eigenvalue weighted by atomic mass is 16.5. The number of hydrogen-bond acceptors (Lipinski definition) is 10. The number of methoxy groups -OCH3 is 1. The number of aromatic nitrogens is 2. The minimum absolute atomic E-state index is 0.0747. The number of nitriles is 2. The van der Waals surface area contributed by atoms with Gasteiger partial charge in [-0.05, 0) is 73.0 Å². The Hall–Kier alpha value is -4.81. The summed E-state index contributed by atoms with van der Waals surface area (Å²) in [5.41, 5.74) is 5.47. The van der Waals surface area contributed by atoms with Gasteiger partial charge in [0.2, 0.25) is 5.95 Å². The Kier molecular flexibility index (Phi) is 10.2. The van der Waals surface area contributed by atoms with Crippen molar-refractivity contribution in [1.82, 2.24) is 19.8 Å². The first-order valence-corrected chi connectivity index (χ1v) is 13.6. The largest absolute Gasteiger partial charge is 0.395 e. The molecule has 1 aliphatic rings. The molecular weight excluding hydrogens is 532 g/mol. The van der Waals surface area contributed by atoms with Crippen LogP contribution in [0.25, 0.3) is 6.08 Å². The van der Waals surface area contributed by atoms with Gasteiger partial charge in [0.15, 0.2) is 0 Å². The van der Waals surface area contributed by atoms with Crippen molar-refractivity contribution in [2.24, 2.45) is 0 Å². The van der Waals surface area contributed by atoms with Gasteiger partial charge in [-0.25, -0.2) is 4.98 Å². The zero-order chi connectivity index (χ0) is 30.1. The van der Waals surface area contributed by atoms with Gasteiger partial charge in [-0.3, -0.25) is 9.69 Å². The second-order valence-electron chi connectivity index (χ2n) is 9.94. The van der Waals surface area contributed by atoms with Crippen molar-refractivity contribution in [3.8, 4) is 12.1 Å². The molecule has 0 spiro atoms. The maximum atomic E-state index is 14.0. The Morgan fingerprint density at radius 2 is 1.76 bits per heavy atom. The number of benzene rings is 2. The maximum absolute atomic E-state index is 14.0. The highest BCUT2D eigenvalue weighted by Gasteiger charge is 2.29. The third kappa shape index (κ3) is 7.28. The number of aliphatic hydroxyl groups is 1. The molecule has 0 bridgehead atoms. The smallest absolute Gasteiger partial charge is 0.259 e. The molecule has 1 aliphatic heterocycles. The van der Waals surface area contributed by atoms with Gasteiger partial charge in [0.25, 0.3) is 5.91 Å². The van der Waals surface area contributed by atoms with Crippen LogP contribution in [0.15, 0.2) is 42.5 Å². The van der Waals surface area contributed by atoms with Crippen LogP contribution in [0, 0.1) is 36.5 Å². The molecule has 0 radical (unpaired) electrons. The van der Waals surface area contributed by atoms with E-state index in [0.717, 1.165) is 22.4 Å².